The van der Waals surface area contributed by atoms with E-state index in [0.717, 1.165) is 45.0 Å². The third-order valence-corrected chi connectivity index (χ3v) is 6.08. The van der Waals surface area contributed by atoms with Gasteiger partial charge in [-0.1, -0.05) is 42.5 Å². The summed E-state index contributed by atoms with van der Waals surface area (Å²) in [6.07, 6.45) is 4.61. The Morgan fingerprint density at radius 1 is 0.967 bits per heavy atom. The maximum Gasteiger partial charge on any atom is 0.228 e. The largest absolute Gasteiger partial charge is 0.361 e. The Kier molecular flexibility index (Phi) is 3.74. The Morgan fingerprint density at radius 3 is 2.77 bits per heavy atom. The number of nitrogens with one attached hydrogen (secondary N) is 3. The molecule has 0 saturated heterocycles. The van der Waals surface area contributed by atoms with E-state index in [4.69, 9.17) is 0 Å². The second-order valence-corrected chi connectivity index (χ2v) is 7.95. The number of carbonyl (C=O) groups is 1. The van der Waals surface area contributed by atoms with Crippen LogP contribution in [0, 0.1) is 5.92 Å². The summed E-state index contributed by atoms with van der Waals surface area (Å²) in [5, 5.41) is 12.5. The molecule has 3 aromatic carbocycles. The molecule has 1 amide bonds. The van der Waals surface area contributed by atoms with Gasteiger partial charge in [0.2, 0.25) is 5.91 Å². The van der Waals surface area contributed by atoms with Crippen molar-refractivity contribution in [1.29, 1.82) is 0 Å². The third-order valence-electron chi connectivity index (χ3n) is 6.08. The molecule has 0 spiro atoms. The van der Waals surface area contributed by atoms with Crippen LogP contribution in [0.15, 0.2) is 79.1 Å². The first-order valence-corrected chi connectivity index (χ1v) is 10.2. The van der Waals surface area contributed by atoms with E-state index in [1.54, 1.807) is 6.20 Å². The summed E-state index contributed by atoms with van der Waals surface area (Å²) in [6.45, 7) is 0. The molecule has 1 saturated carbocycles. The van der Waals surface area contributed by atoms with Gasteiger partial charge in [0.05, 0.1) is 17.4 Å². The maximum atomic E-state index is 13.0. The number of fused-ring (bicyclic) bond motifs is 2. The van der Waals surface area contributed by atoms with Crippen LogP contribution in [0.5, 0.6) is 0 Å². The van der Waals surface area contributed by atoms with Crippen LogP contribution in [0.3, 0.4) is 0 Å². The van der Waals surface area contributed by atoms with Crippen LogP contribution in [0.1, 0.15) is 17.9 Å². The van der Waals surface area contributed by atoms with Gasteiger partial charge < -0.3 is 10.3 Å². The fourth-order valence-electron chi connectivity index (χ4n) is 4.43. The fraction of sp³-hybridized carbons (Fsp3) is 0.120. The number of hydrogen-bond acceptors (Lipinski definition) is 2. The summed E-state index contributed by atoms with van der Waals surface area (Å²) in [4.78, 5) is 16.3. The van der Waals surface area contributed by atoms with Crippen LogP contribution in [-0.2, 0) is 4.79 Å². The molecule has 2 unspecified atom stereocenters. The van der Waals surface area contributed by atoms with E-state index in [0.29, 0.717) is 5.92 Å². The molecule has 6 rings (SSSR count). The van der Waals surface area contributed by atoms with E-state index < -0.39 is 0 Å². The van der Waals surface area contributed by atoms with Crippen molar-refractivity contribution in [3.63, 3.8) is 0 Å². The molecule has 5 aromatic rings. The highest BCUT2D eigenvalue weighted by Gasteiger charge is 2.43. The lowest BCUT2D eigenvalue weighted by Crippen LogP contribution is -2.14. The molecule has 1 aliphatic carbocycles. The minimum atomic E-state index is 0.0195. The second kappa shape index (κ2) is 6.59. The first kappa shape index (κ1) is 17.0. The first-order chi connectivity index (χ1) is 14.8. The number of aromatic nitrogens is 3. The summed E-state index contributed by atoms with van der Waals surface area (Å²) in [7, 11) is 0. The van der Waals surface area contributed by atoms with Gasteiger partial charge in [-0.15, -0.1) is 0 Å². The van der Waals surface area contributed by atoms with E-state index >= 15 is 0 Å². The van der Waals surface area contributed by atoms with Gasteiger partial charge in [-0.3, -0.25) is 9.89 Å². The van der Waals surface area contributed by atoms with Crippen molar-refractivity contribution in [2.75, 3.05) is 5.32 Å². The third kappa shape index (κ3) is 2.78. The lowest BCUT2D eigenvalue weighted by Gasteiger charge is -2.11. The lowest BCUT2D eigenvalue weighted by atomic mass is 9.99. The van der Waals surface area contributed by atoms with E-state index in [9.17, 15) is 4.79 Å². The van der Waals surface area contributed by atoms with Gasteiger partial charge in [0, 0.05) is 28.4 Å². The number of benzene rings is 3. The Bertz CT molecular complexity index is 1380. The van der Waals surface area contributed by atoms with Gasteiger partial charge in [0.15, 0.2) is 0 Å². The van der Waals surface area contributed by atoms with Crippen LogP contribution in [0.2, 0.25) is 0 Å². The minimum Gasteiger partial charge on any atom is -0.361 e. The van der Waals surface area contributed by atoms with Crippen molar-refractivity contribution in [3.8, 4) is 11.1 Å². The van der Waals surface area contributed by atoms with Gasteiger partial charge in [0.25, 0.3) is 0 Å². The Balaban J connectivity index is 1.35. The van der Waals surface area contributed by atoms with Gasteiger partial charge >= 0.3 is 0 Å². The second-order valence-electron chi connectivity index (χ2n) is 7.95. The number of H-pyrrole nitrogens is 2. The summed E-state index contributed by atoms with van der Waals surface area (Å²) in [5.74, 6) is 0.400. The molecular weight excluding hydrogens is 372 g/mol. The monoisotopic (exact) mass is 392 g/mol. The molecular formula is C25H20N4O. The van der Waals surface area contributed by atoms with E-state index in [-0.39, 0.29) is 11.8 Å². The van der Waals surface area contributed by atoms with Crippen LogP contribution < -0.4 is 5.32 Å². The highest BCUT2D eigenvalue weighted by Crippen LogP contribution is 2.48. The number of rotatable bonds is 4. The molecule has 5 nitrogen and oxygen atoms in total. The van der Waals surface area contributed by atoms with Crippen molar-refractivity contribution in [3.05, 3.63) is 84.7 Å². The average Bonchev–Trinajstić information content (AvgIpc) is 3.18. The van der Waals surface area contributed by atoms with Crippen molar-refractivity contribution in [1.82, 2.24) is 15.2 Å². The van der Waals surface area contributed by atoms with Gasteiger partial charge in [-0.05, 0) is 53.3 Å². The summed E-state index contributed by atoms with van der Waals surface area (Å²) < 4.78 is 0. The molecule has 2 atom stereocenters. The topological polar surface area (TPSA) is 73.6 Å². The van der Waals surface area contributed by atoms with Gasteiger partial charge in [0.1, 0.15) is 0 Å². The molecule has 0 radical (unpaired) electrons. The Labute approximate surface area is 173 Å². The standard InChI is InChI=1S/C25H20N4O/c30-25(20-13-19(20)15-5-2-1-3-6-15)28-23-11-16(12-24-21(23)14-27-29-24)17-7-4-8-22-18(17)9-10-26-22/h1-12,14,19-20,26H,13H2,(H,27,29)(H,28,30). The smallest absolute Gasteiger partial charge is 0.228 e. The predicted molar refractivity (Wildman–Crippen MR) is 119 cm³/mol. The number of amides is 1. The molecule has 30 heavy (non-hydrogen) atoms. The normalized spacial score (nSPS) is 18.0. The average molecular weight is 392 g/mol. The van der Waals surface area contributed by atoms with Crippen molar-refractivity contribution >= 4 is 33.4 Å². The molecule has 3 N–H and O–H groups in total. The highest BCUT2D eigenvalue weighted by molar-refractivity contribution is 6.06. The van der Waals surface area contributed by atoms with Crippen molar-refractivity contribution in [2.45, 2.75) is 12.3 Å². The summed E-state index contributed by atoms with van der Waals surface area (Å²) >= 11 is 0. The maximum absolute atomic E-state index is 13.0. The zero-order valence-corrected chi connectivity index (χ0v) is 16.2. The Morgan fingerprint density at radius 2 is 1.87 bits per heavy atom. The zero-order valence-electron chi connectivity index (χ0n) is 16.2. The van der Waals surface area contributed by atoms with Crippen LogP contribution in [0.4, 0.5) is 5.69 Å². The van der Waals surface area contributed by atoms with Gasteiger partial charge in [-0.2, -0.15) is 5.10 Å². The Hall–Kier alpha value is -3.86. The molecule has 0 aliphatic heterocycles. The number of aromatic amines is 2. The summed E-state index contributed by atoms with van der Waals surface area (Å²) in [6, 6.07) is 22.7. The highest BCUT2D eigenvalue weighted by atomic mass is 16.2. The van der Waals surface area contributed by atoms with E-state index in [1.165, 1.54) is 5.56 Å². The molecule has 5 heteroatoms. The van der Waals surface area contributed by atoms with Crippen LogP contribution in [-0.4, -0.2) is 21.1 Å². The van der Waals surface area contributed by atoms with E-state index in [1.807, 2.05) is 30.5 Å². The quantitative estimate of drug-likeness (QED) is 0.380. The SMILES string of the molecule is O=C(Nc1cc(-c2cccc3[nH]ccc23)cc2[nH]ncc12)C1CC1c1ccccc1. The van der Waals surface area contributed by atoms with Crippen molar-refractivity contribution < 1.29 is 4.79 Å². The number of carbonyl (C=O) groups excluding carboxylic acids is 1. The van der Waals surface area contributed by atoms with E-state index in [2.05, 4.69) is 63.0 Å². The van der Waals surface area contributed by atoms with Crippen LogP contribution >= 0.6 is 0 Å². The van der Waals surface area contributed by atoms with Gasteiger partial charge in [-0.25, -0.2) is 0 Å². The number of anilines is 1. The predicted octanol–water partition coefficient (Wildman–Crippen LogP) is 5.45. The number of hydrogen-bond donors (Lipinski definition) is 3. The first-order valence-electron chi connectivity index (χ1n) is 10.2. The lowest BCUT2D eigenvalue weighted by molar-refractivity contribution is -0.117. The molecule has 0 bridgehead atoms. The fourth-order valence-corrected chi connectivity index (χ4v) is 4.43. The minimum absolute atomic E-state index is 0.0195. The number of nitrogens with zero attached hydrogens (tertiary/aromatic N) is 1. The van der Waals surface area contributed by atoms with Crippen LogP contribution in [0.25, 0.3) is 32.9 Å². The summed E-state index contributed by atoms with van der Waals surface area (Å²) in [5.41, 5.74) is 6.20. The molecule has 146 valence electrons. The molecule has 1 aliphatic rings. The van der Waals surface area contributed by atoms with Crippen molar-refractivity contribution in [2.24, 2.45) is 5.92 Å². The molecule has 1 fully saturated rings. The molecule has 2 heterocycles. The molecule has 2 aromatic heterocycles. The zero-order chi connectivity index (χ0) is 20.1.